The van der Waals surface area contributed by atoms with E-state index in [9.17, 15) is 4.79 Å². The van der Waals surface area contributed by atoms with E-state index in [0.29, 0.717) is 15.8 Å². The minimum atomic E-state index is -0.0918. The summed E-state index contributed by atoms with van der Waals surface area (Å²) in [4.78, 5) is 14.9. The average Bonchev–Trinajstić information content (AvgIpc) is 2.89. The number of rotatable bonds is 5. The Morgan fingerprint density at radius 2 is 1.84 bits per heavy atom. The summed E-state index contributed by atoms with van der Waals surface area (Å²) < 4.78 is 6.01. The fraction of sp³-hybridized carbons (Fsp3) is 0.100. The van der Waals surface area contributed by atoms with Gasteiger partial charge in [-0.05, 0) is 42.8 Å². The Morgan fingerprint density at radius 3 is 2.48 bits per heavy atom. The largest absolute Gasteiger partial charge is 0.490 e. The lowest BCUT2D eigenvalue weighted by Crippen LogP contribution is -2.27. The van der Waals surface area contributed by atoms with Crippen molar-refractivity contribution in [3.8, 4) is 5.75 Å². The molecule has 1 amide bonds. The molecule has 0 spiro atoms. The van der Waals surface area contributed by atoms with Crippen molar-refractivity contribution in [1.82, 2.24) is 0 Å². The smallest absolute Gasteiger partial charge is 0.270 e. The van der Waals surface area contributed by atoms with E-state index >= 15 is 0 Å². The summed E-state index contributed by atoms with van der Waals surface area (Å²) in [5, 5.41) is 0. The van der Waals surface area contributed by atoms with E-state index in [0.717, 1.165) is 22.6 Å². The number of carbonyl (C=O) groups is 1. The Balaban J connectivity index is 1.80. The predicted octanol–water partition coefficient (Wildman–Crippen LogP) is 4.97. The summed E-state index contributed by atoms with van der Waals surface area (Å²) in [6.45, 7) is 6.10. The molecule has 0 N–H and O–H groups in total. The van der Waals surface area contributed by atoms with Crippen LogP contribution in [-0.2, 0) is 4.79 Å². The van der Waals surface area contributed by atoms with Gasteiger partial charge in [0.05, 0.1) is 10.6 Å². The first-order valence-corrected chi connectivity index (χ1v) is 8.99. The summed E-state index contributed by atoms with van der Waals surface area (Å²) >= 11 is 6.71. The minimum Gasteiger partial charge on any atom is -0.490 e. The van der Waals surface area contributed by atoms with Crippen molar-refractivity contribution in [3.63, 3.8) is 0 Å². The maximum atomic E-state index is 12.7. The summed E-state index contributed by atoms with van der Waals surface area (Å²) in [6.07, 6.45) is 3.55. The van der Waals surface area contributed by atoms with Gasteiger partial charge in [0.2, 0.25) is 0 Å². The van der Waals surface area contributed by atoms with Gasteiger partial charge in [0.1, 0.15) is 12.4 Å². The Bertz CT molecular complexity index is 839. The number of ether oxygens (including phenoxy) is 1. The predicted molar refractivity (Wildman–Crippen MR) is 109 cm³/mol. The number of amides is 1. The van der Waals surface area contributed by atoms with Crippen molar-refractivity contribution in [2.45, 2.75) is 6.92 Å². The van der Waals surface area contributed by atoms with Crippen LogP contribution in [0.5, 0.6) is 5.75 Å². The molecule has 1 heterocycles. The highest BCUT2D eigenvalue weighted by atomic mass is 32.2. The molecule has 0 unspecified atom stereocenters. The van der Waals surface area contributed by atoms with Gasteiger partial charge in [-0.15, -0.1) is 0 Å². The maximum absolute atomic E-state index is 12.7. The molecule has 5 heteroatoms. The Kier molecular flexibility index (Phi) is 5.36. The molecule has 25 heavy (non-hydrogen) atoms. The molecule has 0 atom stereocenters. The molecular formula is C20H17NO2S2. The lowest BCUT2D eigenvalue weighted by Gasteiger charge is -2.14. The summed E-state index contributed by atoms with van der Waals surface area (Å²) in [6, 6.07) is 15.3. The van der Waals surface area contributed by atoms with Crippen molar-refractivity contribution < 1.29 is 9.53 Å². The molecule has 0 bridgehead atoms. The monoisotopic (exact) mass is 367 g/mol. The number of hydrogen-bond donors (Lipinski definition) is 0. The Morgan fingerprint density at radius 1 is 1.16 bits per heavy atom. The van der Waals surface area contributed by atoms with Gasteiger partial charge < -0.3 is 4.74 Å². The normalized spacial score (nSPS) is 15.7. The van der Waals surface area contributed by atoms with Gasteiger partial charge in [0.25, 0.3) is 5.91 Å². The van der Waals surface area contributed by atoms with Crippen LogP contribution < -0.4 is 9.64 Å². The number of nitrogens with zero attached hydrogens (tertiary/aromatic N) is 1. The lowest BCUT2D eigenvalue weighted by atomic mass is 10.2. The molecule has 0 aliphatic carbocycles. The molecule has 1 fully saturated rings. The van der Waals surface area contributed by atoms with Gasteiger partial charge in [-0.25, -0.2) is 0 Å². The van der Waals surface area contributed by atoms with E-state index in [4.69, 9.17) is 17.0 Å². The Hall–Kier alpha value is -2.37. The van der Waals surface area contributed by atoms with E-state index in [-0.39, 0.29) is 5.91 Å². The first kappa shape index (κ1) is 17.5. The van der Waals surface area contributed by atoms with Crippen LogP contribution in [0, 0.1) is 6.92 Å². The van der Waals surface area contributed by atoms with Crippen molar-refractivity contribution in [3.05, 3.63) is 77.2 Å². The highest BCUT2D eigenvalue weighted by Crippen LogP contribution is 2.36. The maximum Gasteiger partial charge on any atom is 0.270 e. The third-order valence-corrected chi connectivity index (χ3v) is 4.93. The molecule has 3 nitrogen and oxygen atoms in total. The Labute approximate surface area is 157 Å². The summed E-state index contributed by atoms with van der Waals surface area (Å²) in [5.74, 6) is 0.676. The topological polar surface area (TPSA) is 29.5 Å². The zero-order valence-corrected chi connectivity index (χ0v) is 15.4. The van der Waals surface area contributed by atoms with E-state index in [1.165, 1.54) is 11.8 Å². The van der Waals surface area contributed by atoms with Gasteiger partial charge in [-0.2, -0.15) is 0 Å². The number of anilines is 1. The lowest BCUT2D eigenvalue weighted by molar-refractivity contribution is -0.113. The average molecular weight is 367 g/mol. The zero-order valence-electron chi connectivity index (χ0n) is 13.8. The third-order valence-electron chi connectivity index (χ3n) is 3.63. The molecule has 2 aromatic rings. The SMILES string of the molecule is C=CCOc1ccc(C=C2SC(=S)N(c3ccc(C)cc3)C2=O)cc1. The highest BCUT2D eigenvalue weighted by molar-refractivity contribution is 8.27. The molecule has 2 aromatic carbocycles. The standard InChI is InChI=1S/C20H17NO2S2/c1-3-12-23-17-10-6-15(7-11-17)13-18-19(22)21(20(24)25-18)16-8-4-14(2)5-9-16/h3-11,13H,1,12H2,2H3. The van der Waals surface area contributed by atoms with Crippen LogP contribution in [0.3, 0.4) is 0 Å². The molecule has 1 saturated heterocycles. The van der Waals surface area contributed by atoms with Gasteiger partial charge in [-0.1, -0.05) is 66.5 Å². The third kappa shape index (κ3) is 4.00. The zero-order chi connectivity index (χ0) is 17.8. The molecule has 126 valence electrons. The fourth-order valence-electron chi connectivity index (χ4n) is 2.35. The van der Waals surface area contributed by atoms with Crippen LogP contribution in [0.2, 0.25) is 0 Å². The molecule has 1 aliphatic rings. The van der Waals surface area contributed by atoms with Crippen LogP contribution in [0.1, 0.15) is 11.1 Å². The molecule has 3 rings (SSSR count). The van der Waals surface area contributed by atoms with Crippen molar-refractivity contribution in [2.24, 2.45) is 0 Å². The number of benzene rings is 2. The number of carbonyl (C=O) groups excluding carboxylic acids is 1. The number of aryl methyl sites for hydroxylation is 1. The highest BCUT2D eigenvalue weighted by Gasteiger charge is 2.33. The van der Waals surface area contributed by atoms with Crippen LogP contribution in [0.25, 0.3) is 6.08 Å². The van der Waals surface area contributed by atoms with E-state index in [1.54, 1.807) is 11.0 Å². The second-order valence-corrected chi connectivity index (χ2v) is 7.20. The second kappa shape index (κ2) is 7.68. The molecular weight excluding hydrogens is 350 g/mol. The quantitative estimate of drug-likeness (QED) is 0.424. The van der Waals surface area contributed by atoms with E-state index < -0.39 is 0 Å². The van der Waals surface area contributed by atoms with E-state index in [2.05, 4.69) is 6.58 Å². The van der Waals surface area contributed by atoms with Gasteiger partial charge >= 0.3 is 0 Å². The number of thioether (sulfide) groups is 1. The number of thiocarbonyl (C=S) groups is 1. The molecule has 0 radical (unpaired) electrons. The first-order chi connectivity index (χ1) is 12.1. The van der Waals surface area contributed by atoms with Crippen LogP contribution >= 0.6 is 24.0 Å². The van der Waals surface area contributed by atoms with Crippen molar-refractivity contribution >= 4 is 46.0 Å². The summed E-state index contributed by atoms with van der Waals surface area (Å²) in [5.41, 5.74) is 2.86. The second-order valence-electron chi connectivity index (χ2n) is 5.52. The van der Waals surface area contributed by atoms with Gasteiger partial charge in [0.15, 0.2) is 4.32 Å². The minimum absolute atomic E-state index is 0.0918. The van der Waals surface area contributed by atoms with Crippen LogP contribution in [-0.4, -0.2) is 16.8 Å². The first-order valence-electron chi connectivity index (χ1n) is 7.77. The van der Waals surface area contributed by atoms with Crippen molar-refractivity contribution in [1.29, 1.82) is 0 Å². The van der Waals surface area contributed by atoms with Crippen LogP contribution in [0.4, 0.5) is 5.69 Å². The van der Waals surface area contributed by atoms with Crippen molar-refractivity contribution in [2.75, 3.05) is 11.5 Å². The van der Waals surface area contributed by atoms with Gasteiger partial charge in [0, 0.05) is 0 Å². The van der Waals surface area contributed by atoms with E-state index in [1.807, 2.05) is 61.5 Å². The van der Waals surface area contributed by atoms with Gasteiger partial charge in [-0.3, -0.25) is 9.69 Å². The molecule has 0 aromatic heterocycles. The van der Waals surface area contributed by atoms with Crippen LogP contribution in [0.15, 0.2) is 66.1 Å². The summed E-state index contributed by atoms with van der Waals surface area (Å²) in [7, 11) is 0. The molecule has 1 aliphatic heterocycles. The number of hydrogen-bond acceptors (Lipinski definition) is 4. The molecule has 0 saturated carbocycles. The fourth-order valence-corrected chi connectivity index (χ4v) is 3.65.